The van der Waals surface area contributed by atoms with Gasteiger partial charge in [-0.05, 0) is 61.1 Å². The molecular weight excluding hydrogens is 306 g/mol. The summed E-state index contributed by atoms with van der Waals surface area (Å²) >= 11 is 0. The molecule has 0 aromatic heterocycles. The first kappa shape index (κ1) is 17.1. The largest absolute Gasteiger partial charge is 0.204 e. The SMILES string of the molecule is CCC[Si@H]1CC[C@H](C2CCC(c3ccc(F)c(F)c3)CC2)CC1. The Morgan fingerprint density at radius 1 is 0.913 bits per heavy atom. The maximum Gasteiger partial charge on any atom is 0.159 e. The van der Waals surface area contributed by atoms with Crippen LogP contribution in [0.2, 0.25) is 18.1 Å². The van der Waals surface area contributed by atoms with E-state index in [0.717, 1.165) is 30.2 Å². The predicted octanol–water partition coefficient (Wildman–Crippen LogP) is 6.29. The van der Waals surface area contributed by atoms with Gasteiger partial charge >= 0.3 is 0 Å². The molecule has 23 heavy (non-hydrogen) atoms. The van der Waals surface area contributed by atoms with Crippen LogP contribution in [-0.2, 0) is 0 Å². The minimum Gasteiger partial charge on any atom is -0.204 e. The first-order valence-corrected chi connectivity index (χ1v) is 12.1. The maximum absolute atomic E-state index is 13.4. The van der Waals surface area contributed by atoms with Crippen LogP contribution in [-0.4, -0.2) is 8.80 Å². The van der Waals surface area contributed by atoms with Crippen molar-refractivity contribution in [3.8, 4) is 0 Å². The summed E-state index contributed by atoms with van der Waals surface area (Å²) in [7, 11) is -0.368. The summed E-state index contributed by atoms with van der Waals surface area (Å²) in [6.45, 7) is 2.33. The lowest BCUT2D eigenvalue weighted by Gasteiger charge is -2.37. The number of benzene rings is 1. The first-order chi connectivity index (χ1) is 11.2. The first-order valence-electron chi connectivity index (χ1n) is 9.62. The highest BCUT2D eigenvalue weighted by Gasteiger charge is 2.31. The molecule has 0 radical (unpaired) electrons. The van der Waals surface area contributed by atoms with Gasteiger partial charge in [-0.2, -0.15) is 0 Å². The number of hydrogen-bond donors (Lipinski definition) is 0. The van der Waals surface area contributed by atoms with Crippen molar-refractivity contribution in [1.82, 2.24) is 0 Å². The molecule has 0 bridgehead atoms. The lowest BCUT2D eigenvalue weighted by molar-refractivity contribution is 0.216. The standard InChI is InChI=1S/C20H30F2Si/c1-2-11-23-12-9-17(10-13-23)15-3-5-16(6-4-15)18-7-8-19(21)20(22)14-18/h7-8,14-17,23H,2-6,9-13H2,1H3/t15?,16?,17-,23-. The summed E-state index contributed by atoms with van der Waals surface area (Å²) < 4.78 is 26.5. The van der Waals surface area contributed by atoms with Gasteiger partial charge in [-0.15, -0.1) is 0 Å². The summed E-state index contributed by atoms with van der Waals surface area (Å²) in [5.41, 5.74) is 1.00. The van der Waals surface area contributed by atoms with Gasteiger partial charge < -0.3 is 0 Å². The fourth-order valence-corrected chi connectivity index (χ4v) is 8.53. The molecule has 1 saturated carbocycles. The zero-order valence-electron chi connectivity index (χ0n) is 14.4. The number of halogens is 2. The Balaban J connectivity index is 1.50. The third-order valence-electron chi connectivity index (χ3n) is 6.44. The van der Waals surface area contributed by atoms with E-state index in [4.69, 9.17) is 0 Å². The zero-order valence-corrected chi connectivity index (χ0v) is 15.5. The summed E-state index contributed by atoms with van der Waals surface area (Å²) in [6, 6.07) is 9.18. The van der Waals surface area contributed by atoms with E-state index in [1.54, 1.807) is 24.2 Å². The number of rotatable bonds is 4. The van der Waals surface area contributed by atoms with E-state index >= 15 is 0 Å². The highest BCUT2D eigenvalue weighted by molar-refractivity contribution is 6.58. The summed E-state index contributed by atoms with van der Waals surface area (Å²) in [6.07, 6.45) is 9.24. The van der Waals surface area contributed by atoms with Crippen LogP contribution < -0.4 is 0 Å². The smallest absolute Gasteiger partial charge is 0.159 e. The van der Waals surface area contributed by atoms with Gasteiger partial charge in [0.05, 0.1) is 0 Å². The molecule has 1 aromatic rings. The summed E-state index contributed by atoms with van der Waals surface area (Å²) in [4.78, 5) is 0. The zero-order chi connectivity index (χ0) is 16.2. The monoisotopic (exact) mass is 336 g/mol. The van der Waals surface area contributed by atoms with Gasteiger partial charge in [-0.1, -0.05) is 50.4 Å². The van der Waals surface area contributed by atoms with Crippen molar-refractivity contribution in [2.75, 3.05) is 0 Å². The summed E-state index contributed by atoms with van der Waals surface area (Å²) in [5.74, 6) is 0.876. The second-order valence-electron chi connectivity index (χ2n) is 7.85. The van der Waals surface area contributed by atoms with Crippen LogP contribution in [0.1, 0.15) is 63.4 Å². The van der Waals surface area contributed by atoms with Crippen molar-refractivity contribution >= 4 is 8.80 Å². The van der Waals surface area contributed by atoms with Gasteiger partial charge in [0.1, 0.15) is 0 Å². The van der Waals surface area contributed by atoms with Gasteiger partial charge in [0.15, 0.2) is 11.6 Å². The average Bonchev–Trinajstić information content (AvgIpc) is 2.59. The molecule has 0 nitrogen and oxygen atoms in total. The Bertz CT molecular complexity index is 500. The van der Waals surface area contributed by atoms with Crippen molar-refractivity contribution in [3.05, 3.63) is 35.4 Å². The van der Waals surface area contributed by atoms with Crippen molar-refractivity contribution < 1.29 is 8.78 Å². The summed E-state index contributed by atoms with van der Waals surface area (Å²) in [5, 5.41) is 0. The molecule has 0 atom stereocenters. The average molecular weight is 337 g/mol. The molecule has 1 aliphatic carbocycles. The normalized spacial score (nSPS) is 32.0. The molecule has 0 unspecified atom stereocenters. The molecule has 3 rings (SSSR count). The fourth-order valence-electron chi connectivity index (χ4n) is 5.05. The third kappa shape index (κ3) is 4.23. The van der Waals surface area contributed by atoms with Crippen LogP contribution in [0.15, 0.2) is 18.2 Å². The molecule has 2 aliphatic rings. The van der Waals surface area contributed by atoms with Gasteiger partial charge in [0.25, 0.3) is 0 Å². The van der Waals surface area contributed by atoms with E-state index in [2.05, 4.69) is 6.92 Å². The molecule has 0 N–H and O–H groups in total. The third-order valence-corrected chi connectivity index (χ3v) is 10.1. The van der Waals surface area contributed by atoms with Crippen LogP contribution in [0.3, 0.4) is 0 Å². The minimum atomic E-state index is -0.726. The maximum atomic E-state index is 13.4. The van der Waals surface area contributed by atoms with Gasteiger partial charge in [0.2, 0.25) is 0 Å². The van der Waals surface area contributed by atoms with E-state index in [0.29, 0.717) is 5.92 Å². The molecule has 1 aliphatic heterocycles. The Labute approximate surface area is 141 Å². The molecule has 3 heteroatoms. The predicted molar refractivity (Wildman–Crippen MR) is 95.6 cm³/mol. The highest BCUT2D eigenvalue weighted by atomic mass is 28.3. The lowest BCUT2D eigenvalue weighted by Crippen LogP contribution is -2.28. The van der Waals surface area contributed by atoms with E-state index in [9.17, 15) is 8.78 Å². The Hall–Kier alpha value is -0.703. The highest BCUT2D eigenvalue weighted by Crippen LogP contribution is 2.43. The van der Waals surface area contributed by atoms with E-state index in [1.165, 1.54) is 44.2 Å². The van der Waals surface area contributed by atoms with Crippen molar-refractivity contribution in [2.45, 2.75) is 75.9 Å². The molecule has 1 heterocycles. The lowest BCUT2D eigenvalue weighted by atomic mass is 9.72. The topological polar surface area (TPSA) is 0 Å². The Morgan fingerprint density at radius 3 is 2.17 bits per heavy atom. The quantitative estimate of drug-likeness (QED) is 0.567. The van der Waals surface area contributed by atoms with Crippen molar-refractivity contribution in [2.24, 2.45) is 11.8 Å². The van der Waals surface area contributed by atoms with Crippen molar-refractivity contribution in [1.29, 1.82) is 0 Å². The molecule has 1 aromatic carbocycles. The van der Waals surface area contributed by atoms with Crippen LogP contribution in [0.25, 0.3) is 0 Å². The second-order valence-corrected chi connectivity index (χ2v) is 11.3. The van der Waals surface area contributed by atoms with Gasteiger partial charge in [0, 0.05) is 8.80 Å². The Kier molecular flexibility index (Phi) is 5.89. The molecular formula is C20H30F2Si. The van der Waals surface area contributed by atoms with Crippen LogP contribution in [0, 0.1) is 23.5 Å². The van der Waals surface area contributed by atoms with E-state index < -0.39 is 11.6 Å². The van der Waals surface area contributed by atoms with Crippen molar-refractivity contribution in [3.63, 3.8) is 0 Å². The van der Waals surface area contributed by atoms with E-state index in [1.807, 2.05) is 0 Å². The van der Waals surface area contributed by atoms with E-state index in [-0.39, 0.29) is 8.80 Å². The number of hydrogen-bond acceptors (Lipinski definition) is 0. The van der Waals surface area contributed by atoms with Crippen LogP contribution in [0.5, 0.6) is 0 Å². The molecule has 1 saturated heterocycles. The van der Waals surface area contributed by atoms with Gasteiger partial charge in [-0.25, -0.2) is 8.78 Å². The molecule has 0 spiro atoms. The fraction of sp³-hybridized carbons (Fsp3) is 0.700. The second kappa shape index (κ2) is 7.91. The van der Waals surface area contributed by atoms with Crippen LogP contribution in [0.4, 0.5) is 8.78 Å². The molecule has 0 amide bonds. The molecule has 128 valence electrons. The van der Waals surface area contributed by atoms with Gasteiger partial charge in [-0.3, -0.25) is 0 Å². The minimum absolute atomic E-state index is 0.368. The Morgan fingerprint density at radius 2 is 1.57 bits per heavy atom. The van der Waals surface area contributed by atoms with Crippen LogP contribution >= 0.6 is 0 Å². The molecule has 2 fully saturated rings.